The normalized spacial score (nSPS) is 12.3. The van der Waals surface area contributed by atoms with Crippen LogP contribution in [-0.4, -0.2) is 49.1 Å². The number of methoxy groups -OCH3 is 1. The number of hydrogen-bond acceptors (Lipinski definition) is 3. The van der Waals surface area contributed by atoms with Crippen LogP contribution in [0.25, 0.3) is 0 Å². The Kier molecular flexibility index (Phi) is 9.07. The number of aliphatic imine (C=N–C) groups is 1. The van der Waals surface area contributed by atoms with Crippen molar-refractivity contribution in [3.05, 3.63) is 24.0 Å². The van der Waals surface area contributed by atoms with Crippen molar-refractivity contribution in [1.82, 2.24) is 14.8 Å². The predicted octanol–water partition coefficient (Wildman–Crippen LogP) is 1.46. The zero-order chi connectivity index (χ0) is 15.1. The Hall–Kier alpha value is -1.25. The number of nitrogens with zero attached hydrogens (tertiary/aromatic N) is 3. The fourth-order valence-electron chi connectivity index (χ4n) is 1.89. The van der Waals surface area contributed by atoms with Crippen LogP contribution < -0.4 is 5.32 Å². The van der Waals surface area contributed by atoms with Gasteiger partial charge in [0.25, 0.3) is 0 Å². The third kappa shape index (κ3) is 5.94. The van der Waals surface area contributed by atoms with Crippen LogP contribution in [0.2, 0.25) is 0 Å². The summed E-state index contributed by atoms with van der Waals surface area (Å²) in [6.45, 7) is 3.07. The molecule has 1 heterocycles. The zero-order valence-electron chi connectivity index (χ0n) is 13.3. The summed E-state index contributed by atoms with van der Waals surface area (Å²) in [4.78, 5) is 17.6. The second kappa shape index (κ2) is 9.64. The molecule has 1 unspecified atom stereocenters. The van der Waals surface area contributed by atoms with Crippen LogP contribution in [0, 0.1) is 5.92 Å². The average Bonchev–Trinajstić information content (AvgIpc) is 2.83. The summed E-state index contributed by atoms with van der Waals surface area (Å²) in [5.74, 6) is 0.320. The highest BCUT2D eigenvalue weighted by atomic mass is 127. The largest absolute Gasteiger partial charge is 0.469 e. The van der Waals surface area contributed by atoms with Gasteiger partial charge in [-0.15, -0.1) is 24.0 Å². The molecule has 0 aliphatic heterocycles. The molecule has 0 aliphatic carbocycles. The standard InChI is InChI=1S/C14H24N4O2.HI/c1-11(13(19)20-5)9-16-14(15-2)18(4)10-12-7-6-8-17(12)3;/h6-8,11H,9-10H2,1-5H3,(H,15,16);1H. The van der Waals surface area contributed by atoms with Crippen molar-refractivity contribution in [2.45, 2.75) is 13.5 Å². The first-order valence-corrected chi connectivity index (χ1v) is 6.59. The van der Waals surface area contributed by atoms with Gasteiger partial charge in [0.1, 0.15) is 0 Å². The zero-order valence-corrected chi connectivity index (χ0v) is 15.6. The fraction of sp³-hybridized carbons (Fsp3) is 0.571. The second-order valence-corrected chi connectivity index (χ2v) is 4.82. The number of carbonyl (C=O) groups excluding carboxylic acids is 1. The molecule has 0 aromatic carbocycles. The maximum Gasteiger partial charge on any atom is 0.310 e. The van der Waals surface area contributed by atoms with Gasteiger partial charge in [0.2, 0.25) is 0 Å². The molecule has 120 valence electrons. The number of ether oxygens (including phenoxy) is 1. The monoisotopic (exact) mass is 408 g/mol. The number of esters is 1. The smallest absolute Gasteiger partial charge is 0.310 e. The van der Waals surface area contributed by atoms with Crippen LogP contribution in [0.5, 0.6) is 0 Å². The number of nitrogens with one attached hydrogen (secondary N) is 1. The number of rotatable bonds is 5. The van der Waals surface area contributed by atoms with Gasteiger partial charge >= 0.3 is 5.97 Å². The van der Waals surface area contributed by atoms with Crippen molar-refractivity contribution in [1.29, 1.82) is 0 Å². The highest BCUT2D eigenvalue weighted by molar-refractivity contribution is 14.0. The number of halogens is 1. The summed E-state index contributed by atoms with van der Waals surface area (Å²) in [6.07, 6.45) is 2.01. The first-order chi connectivity index (χ1) is 9.49. The van der Waals surface area contributed by atoms with Gasteiger partial charge in [-0.2, -0.15) is 0 Å². The molecule has 0 radical (unpaired) electrons. The molecule has 0 spiro atoms. The molecule has 0 saturated heterocycles. The van der Waals surface area contributed by atoms with Crippen LogP contribution in [0.1, 0.15) is 12.6 Å². The van der Waals surface area contributed by atoms with Crippen molar-refractivity contribution >= 4 is 35.9 Å². The topological polar surface area (TPSA) is 58.9 Å². The molecule has 6 nitrogen and oxygen atoms in total. The number of hydrogen-bond donors (Lipinski definition) is 1. The molecule has 1 aromatic rings. The molecule has 1 aromatic heterocycles. The molecular weight excluding hydrogens is 383 g/mol. The Morgan fingerprint density at radius 3 is 2.71 bits per heavy atom. The lowest BCUT2D eigenvalue weighted by Crippen LogP contribution is -2.41. The lowest BCUT2D eigenvalue weighted by molar-refractivity contribution is -0.144. The van der Waals surface area contributed by atoms with E-state index in [1.807, 2.05) is 38.2 Å². The van der Waals surface area contributed by atoms with Crippen LogP contribution >= 0.6 is 24.0 Å². The minimum absolute atomic E-state index is 0. The lowest BCUT2D eigenvalue weighted by Gasteiger charge is -2.23. The predicted molar refractivity (Wildman–Crippen MR) is 94.8 cm³/mol. The molecule has 0 aliphatic rings. The molecule has 21 heavy (non-hydrogen) atoms. The number of carbonyl (C=O) groups is 1. The Balaban J connectivity index is 0.00000400. The Bertz CT molecular complexity index is 473. The van der Waals surface area contributed by atoms with Gasteiger partial charge in [-0.3, -0.25) is 9.79 Å². The quantitative estimate of drug-likeness (QED) is 0.347. The Morgan fingerprint density at radius 2 is 2.24 bits per heavy atom. The van der Waals surface area contributed by atoms with Crippen molar-refractivity contribution in [3.63, 3.8) is 0 Å². The van der Waals surface area contributed by atoms with E-state index < -0.39 is 0 Å². The minimum Gasteiger partial charge on any atom is -0.469 e. The maximum atomic E-state index is 11.4. The molecule has 1 atom stereocenters. The van der Waals surface area contributed by atoms with Crippen LogP contribution in [0.3, 0.4) is 0 Å². The average molecular weight is 408 g/mol. The Labute approximate surface area is 143 Å². The minimum atomic E-state index is -0.224. The first-order valence-electron chi connectivity index (χ1n) is 6.59. The van der Waals surface area contributed by atoms with E-state index in [1.165, 1.54) is 12.8 Å². The van der Waals surface area contributed by atoms with Gasteiger partial charge in [-0.1, -0.05) is 6.92 Å². The van der Waals surface area contributed by atoms with E-state index in [9.17, 15) is 4.79 Å². The van der Waals surface area contributed by atoms with E-state index in [0.717, 1.165) is 12.5 Å². The number of aryl methyl sites for hydroxylation is 1. The van der Waals surface area contributed by atoms with E-state index in [1.54, 1.807) is 7.05 Å². The highest BCUT2D eigenvalue weighted by Gasteiger charge is 2.15. The van der Waals surface area contributed by atoms with Crippen molar-refractivity contribution in [2.75, 3.05) is 27.7 Å². The van der Waals surface area contributed by atoms with Crippen LogP contribution in [0.4, 0.5) is 0 Å². The highest BCUT2D eigenvalue weighted by Crippen LogP contribution is 2.04. The van der Waals surface area contributed by atoms with Crippen molar-refractivity contribution < 1.29 is 9.53 Å². The molecule has 7 heteroatoms. The van der Waals surface area contributed by atoms with E-state index >= 15 is 0 Å². The van der Waals surface area contributed by atoms with Gasteiger partial charge in [0.05, 0.1) is 19.6 Å². The van der Waals surface area contributed by atoms with E-state index in [0.29, 0.717) is 6.54 Å². The lowest BCUT2D eigenvalue weighted by atomic mass is 10.2. The first kappa shape index (κ1) is 19.8. The summed E-state index contributed by atoms with van der Waals surface area (Å²) < 4.78 is 6.77. The molecule has 0 fully saturated rings. The number of aromatic nitrogens is 1. The van der Waals surface area contributed by atoms with E-state index in [2.05, 4.69) is 20.9 Å². The molecule has 1 rings (SSSR count). The summed E-state index contributed by atoms with van der Waals surface area (Å²) in [5.41, 5.74) is 1.19. The fourth-order valence-corrected chi connectivity index (χ4v) is 1.89. The van der Waals surface area contributed by atoms with Gasteiger partial charge in [-0.05, 0) is 12.1 Å². The SMILES string of the molecule is CN=C(NCC(C)C(=O)OC)N(C)Cc1cccn1C.I. The van der Waals surface area contributed by atoms with E-state index in [-0.39, 0.29) is 35.9 Å². The van der Waals surface area contributed by atoms with Gasteiger partial charge in [-0.25, -0.2) is 0 Å². The van der Waals surface area contributed by atoms with Crippen molar-refractivity contribution in [3.8, 4) is 0 Å². The molecule has 0 bridgehead atoms. The molecular formula is C14H25IN4O2. The summed E-state index contributed by atoms with van der Waals surface area (Å²) in [7, 11) is 7.10. The van der Waals surface area contributed by atoms with Crippen LogP contribution in [0.15, 0.2) is 23.3 Å². The summed E-state index contributed by atoms with van der Waals surface area (Å²) in [6, 6.07) is 4.08. The van der Waals surface area contributed by atoms with Gasteiger partial charge in [0, 0.05) is 39.6 Å². The summed E-state index contributed by atoms with van der Waals surface area (Å²) >= 11 is 0. The molecule has 1 N–H and O–H groups in total. The molecule has 0 saturated carbocycles. The van der Waals surface area contributed by atoms with E-state index in [4.69, 9.17) is 4.74 Å². The molecule has 0 amide bonds. The van der Waals surface area contributed by atoms with Gasteiger partial charge in [0.15, 0.2) is 5.96 Å². The Morgan fingerprint density at radius 1 is 1.57 bits per heavy atom. The number of guanidine groups is 1. The second-order valence-electron chi connectivity index (χ2n) is 4.82. The van der Waals surface area contributed by atoms with Gasteiger partial charge < -0.3 is 19.5 Å². The third-order valence-electron chi connectivity index (χ3n) is 3.19. The summed E-state index contributed by atoms with van der Waals surface area (Å²) in [5, 5.41) is 3.18. The van der Waals surface area contributed by atoms with Crippen molar-refractivity contribution in [2.24, 2.45) is 18.0 Å². The third-order valence-corrected chi connectivity index (χ3v) is 3.19. The maximum absolute atomic E-state index is 11.4. The van der Waals surface area contributed by atoms with Crippen LogP contribution in [-0.2, 0) is 23.1 Å².